The molecule has 0 spiro atoms. The molecule has 4 rings (SSSR count). The van der Waals surface area contributed by atoms with E-state index in [9.17, 15) is 0 Å². The number of hydrogen-bond donors (Lipinski definition) is 0. The zero-order valence-electron chi connectivity index (χ0n) is 11.9. The van der Waals surface area contributed by atoms with Crippen molar-refractivity contribution in [3.05, 3.63) is 47.6 Å². The largest absolute Gasteiger partial charge is 0.423 e. The van der Waals surface area contributed by atoms with Gasteiger partial charge in [-0.2, -0.15) is 4.98 Å². The Morgan fingerprint density at radius 1 is 1.00 bits per heavy atom. The molecule has 0 bridgehead atoms. The topological polar surface area (TPSA) is 45.4 Å². The van der Waals surface area contributed by atoms with E-state index in [4.69, 9.17) is 16.0 Å². The summed E-state index contributed by atoms with van der Waals surface area (Å²) in [6, 6.07) is 12.2. The molecule has 22 heavy (non-hydrogen) atoms. The molecular formula is C16H15ClN4O. The Hall–Kier alpha value is -2.27. The lowest BCUT2D eigenvalue weighted by Gasteiger charge is -2.34. The second-order valence-electron chi connectivity index (χ2n) is 5.27. The molecule has 1 fully saturated rings. The van der Waals surface area contributed by atoms with Crippen LogP contribution in [0, 0.1) is 0 Å². The molecule has 0 saturated carbocycles. The molecule has 2 aromatic heterocycles. The lowest BCUT2D eigenvalue weighted by atomic mass is 10.3. The van der Waals surface area contributed by atoms with Crippen molar-refractivity contribution in [2.24, 2.45) is 0 Å². The summed E-state index contributed by atoms with van der Waals surface area (Å²) >= 11 is 5.99. The van der Waals surface area contributed by atoms with Gasteiger partial charge in [0.1, 0.15) is 11.3 Å². The summed E-state index contributed by atoms with van der Waals surface area (Å²) in [6.45, 7) is 3.52. The molecule has 0 amide bonds. The molecule has 1 aromatic carbocycles. The molecule has 0 unspecified atom stereocenters. The number of piperazine rings is 1. The van der Waals surface area contributed by atoms with E-state index in [1.54, 1.807) is 6.07 Å². The van der Waals surface area contributed by atoms with Crippen molar-refractivity contribution in [2.45, 2.75) is 0 Å². The van der Waals surface area contributed by atoms with Gasteiger partial charge in [0.15, 0.2) is 5.58 Å². The average Bonchev–Trinajstić information content (AvgIpc) is 2.99. The van der Waals surface area contributed by atoms with E-state index >= 15 is 0 Å². The normalized spacial score (nSPS) is 15.5. The van der Waals surface area contributed by atoms with Crippen molar-refractivity contribution in [1.82, 2.24) is 9.97 Å². The molecular weight excluding hydrogens is 300 g/mol. The first-order chi connectivity index (χ1) is 10.8. The van der Waals surface area contributed by atoms with Gasteiger partial charge in [0, 0.05) is 43.5 Å². The molecule has 0 aliphatic carbocycles. The fourth-order valence-electron chi connectivity index (χ4n) is 2.69. The minimum atomic E-state index is 0.662. The number of hydrogen-bond acceptors (Lipinski definition) is 5. The van der Waals surface area contributed by atoms with Gasteiger partial charge >= 0.3 is 0 Å². The lowest BCUT2D eigenvalue weighted by Crippen LogP contribution is -2.46. The van der Waals surface area contributed by atoms with E-state index in [2.05, 4.69) is 19.8 Å². The number of benzene rings is 1. The number of fused-ring (bicyclic) bond motifs is 1. The van der Waals surface area contributed by atoms with Crippen LogP contribution in [0.4, 0.5) is 11.8 Å². The summed E-state index contributed by atoms with van der Waals surface area (Å²) in [5.41, 5.74) is 1.57. The van der Waals surface area contributed by atoms with Crippen LogP contribution in [-0.4, -0.2) is 36.1 Å². The monoisotopic (exact) mass is 314 g/mol. The Morgan fingerprint density at radius 2 is 1.82 bits per heavy atom. The fraction of sp³-hybridized carbons (Fsp3) is 0.250. The van der Waals surface area contributed by atoms with Crippen LogP contribution < -0.4 is 9.80 Å². The molecule has 0 radical (unpaired) electrons. The van der Waals surface area contributed by atoms with Crippen molar-refractivity contribution in [1.29, 1.82) is 0 Å². The molecule has 1 aliphatic rings. The van der Waals surface area contributed by atoms with Gasteiger partial charge in [-0.05, 0) is 24.3 Å². The smallest absolute Gasteiger partial charge is 0.298 e. The predicted molar refractivity (Wildman–Crippen MR) is 87.7 cm³/mol. The zero-order valence-corrected chi connectivity index (χ0v) is 12.7. The van der Waals surface area contributed by atoms with Gasteiger partial charge in [-0.15, -0.1) is 0 Å². The summed E-state index contributed by atoms with van der Waals surface area (Å²) in [4.78, 5) is 13.4. The summed E-state index contributed by atoms with van der Waals surface area (Å²) in [5.74, 6) is 1.02. The van der Waals surface area contributed by atoms with Gasteiger partial charge in [0.05, 0.1) is 0 Å². The first kappa shape index (κ1) is 13.4. The van der Waals surface area contributed by atoms with Crippen molar-refractivity contribution in [2.75, 3.05) is 36.0 Å². The van der Waals surface area contributed by atoms with E-state index < -0.39 is 0 Å². The second kappa shape index (κ2) is 5.50. The number of nitrogens with zero attached hydrogens (tertiary/aromatic N) is 4. The van der Waals surface area contributed by atoms with Gasteiger partial charge in [-0.3, -0.25) is 0 Å². The molecule has 1 aliphatic heterocycles. The van der Waals surface area contributed by atoms with Crippen LogP contribution in [0.2, 0.25) is 5.02 Å². The van der Waals surface area contributed by atoms with Crippen LogP contribution in [0.3, 0.4) is 0 Å². The number of halogens is 1. The van der Waals surface area contributed by atoms with Crippen LogP contribution in [0.1, 0.15) is 0 Å². The predicted octanol–water partition coefficient (Wildman–Crippen LogP) is 3.20. The maximum absolute atomic E-state index is 5.99. The highest BCUT2D eigenvalue weighted by atomic mass is 35.5. The highest BCUT2D eigenvalue weighted by molar-refractivity contribution is 6.31. The number of oxazole rings is 1. The Kier molecular flexibility index (Phi) is 3.35. The molecule has 0 atom stereocenters. The van der Waals surface area contributed by atoms with E-state index in [0.29, 0.717) is 11.0 Å². The third kappa shape index (κ3) is 2.48. The molecule has 5 nitrogen and oxygen atoms in total. The van der Waals surface area contributed by atoms with E-state index in [-0.39, 0.29) is 0 Å². The zero-order chi connectivity index (χ0) is 14.9. The Bertz CT molecular complexity index is 781. The molecule has 6 heteroatoms. The number of rotatable bonds is 2. The summed E-state index contributed by atoms with van der Waals surface area (Å²) < 4.78 is 5.83. The van der Waals surface area contributed by atoms with Gasteiger partial charge in [0.2, 0.25) is 0 Å². The maximum Gasteiger partial charge on any atom is 0.298 e. The third-order valence-electron chi connectivity index (χ3n) is 3.86. The Morgan fingerprint density at radius 3 is 2.59 bits per heavy atom. The van der Waals surface area contributed by atoms with Crippen LogP contribution in [0.25, 0.3) is 11.1 Å². The minimum absolute atomic E-state index is 0.662. The van der Waals surface area contributed by atoms with Gasteiger partial charge in [0.25, 0.3) is 6.01 Å². The Labute approximate surface area is 133 Å². The summed E-state index contributed by atoms with van der Waals surface area (Å²) in [5, 5.41) is 0.662. The van der Waals surface area contributed by atoms with Crippen LogP contribution in [-0.2, 0) is 0 Å². The summed E-state index contributed by atoms with van der Waals surface area (Å²) in [6.07, 6.45) is 1.83. The van der Waals surface area contributed by atoms with Crippen LogP contribution >= 0.6 is 11.6 Å². The van der Waals surface area contributed by atoms with Crippen LogP contribution in [0.5, 0.6) is 0 Å². The molecule has 1 saturated heterocycles. The first-order valence-electron chi connectivity index (χ1n) is 7.27. The molecule has 3 heterocycles. The van der Waals surface area contributed by atoms with Gasteiger partial charge in [-0.1, -0.05) is 17.7 Å². The number of pyridine rings is 1. The SMILES string of the molecule is Clc1ccc2nc(N3CCN(c4ccccn4)CC3)oc2c1. The quantitative estimate of drug-likeness (QED) is 0.727. The summed E-state index contributed by atoms with van der Waals surface area (Å²) in [7, 11) is 0. The van der Waals surface area contributed by atoms with E-state index in [1.807, 2.05) is 36.5 Å². The number of anilines is 2. The standard InChI is InChI=1S/C16H15ClN4O/c17-12-4-5-13-14(11-12)22-16(19-13)21-9-7-20(8-10-21)15-3-1-2-6-18-15/h1-6,11H,7-10H2. The minimum Gasteiger partial charge on any atom is -0.423 e. The lowest BCUT2D eigenvalue weighted by molar-refractivity contribution is 0.540. The van der Waals surface area contributed by atoms with Crippen molar-refractivity contribution in [3.63, 3.8) is 0 Å². The number of aromatic nitrogens is 2. The van der Waals surface area contributed by atoms with Gasteiger partial charge < -0.3 is 14.2 Å². The van der Waals surface area contributed by atoms with Crippen molar-refractivity contribution < 1.29 is 4.42 Å². The fourth-order valence-corrected chi connectivity index (χ4v) is 2.85. The highest BCUT2D eigenvalue weighted by Crippen LogP contribution is 2.25. The molecule has 112 valence electrons. The van der Waals surface area contributed by atoms with E-state index in [0.717, 1.165) is 43.1 Å². The average molecular weight is 315 g/mol. The third-order valence-corrected chi connectivity index (χ3v) is 4.10. The van der Waals surface area contributed by atoms with Crippen LogP contribution in [0.15, 0.2) is 47.0 Å². The Balaban J connectivity index is 1.50. The highest BCUT2D eigenvalue weighted by Gasteiger charge is 2.21. The van der Waals surface area contributed by atoms with Crippen molar-refractivity contribution in [3.8, 4) is 0 Å². The van der Waals surface area contributed by atoms with E-state index in [1.165, 1.54) is 0 Å². The second-order valence-corrected chi connectivity index (χ2v) is 5.71. The molecule has 0 N–H and O–H groups in total. The maximum atomic E-state index is 5.99. The van der Waals surface area contributed by atoms with Crippen molar-refractivity contribution >= 4 is 34.5 Å². The molecule has 3 aromatic rings. The van der Waals surface area contributed by atoms with Gasteiger partial charge in [-0.25, -0.2) is 4.98 Å². The first-order valence-corrected chi connectivity index (χ1v) is 7.64.